The first-order chi connectivity index (χ1) is 9.31. The lowest BCUT2D eigenvalue weighted by molar-refractivity contribution is -0.138. The molecule has 0 aromatic heterocycles. The van der Waals surface area contributed by atoms with Gasteiger partial charge in [-0.3, -0.25) is 4.79 Å². The zero-order chi connectivity index (χ0) is 15.3. The second-order valence-electron chi connectivity index (χ2n) is 3.91. The van der Waals surface area contributed by atoms with E-state index in [1.807, 2.05) is 0 Å². The lowest BCUT2D eigenvalue weighted by Gasteiger charge is -2.15. The van der Waals surface area contributed by atoms with Crippen LogP contribution in [0.15, 0.2) is 18.2 Å². The highest BCUT2D eigenvalue weighted by atomic mass is 35.5. The number of alkyl halides is 4. The number of hydrogen-bond donors (Lipinski definition) is 0. The smallest absolute Gasteiger partial charge is 0.417 e. The third-order valence-corrected chi connectivity index (χ3v) is 2.77. The van der Waals surface area contributed by atoms with Crippen LogP contribution < -0.4 is 0 Å². The molecule has 0 saturated carbocycles. The Morgan fingerprint density at radius 1 is 1.30 bits per heavy atom. The fourth-order valence-corrected chi connectivity index (χ4v) is 1.78. The van der Waals surface area contributed by atoms with Crippen LogP contribution in [0.2, 0.25) is 0 Å². The lowest BCUT2D eigenvalue weighted by atomic mass is 9.97. The predicted molar refractivity (Wildman–Crippen MR) is 66.8 cm³/mol. The van der Waals surface area contributed by atoms with Crippen molar-refractivity contribution in [3.05, 3.63) is 34.9 Å². The van der Waals surface area contributed by atoms with Crippen molar-refractivity contribution in [2.45, 2.75) is 19.5 Å². The van der Waals surface area contributed by atoms with E-state index in [0.717, 1.165) is 12.1 Å². The maximum atomic E-state index is 12.9. The number of rotatable bonds is 5. The highest BCUT2D eigenvalue weighted by Gasteiger charge is 2.37. The molecule has 20 heavy (non-hydrogen) atoms. The lowest BCUT2D eigenvalue weighted by Crippen LogP contribution is -2.19. The number of halogens is 4. The summed E-state index contributed by atoms with van der Waals surface area (Å²) >= 11 is 5.34. The van der Waals surface area contributed by atoms with Crippen LogP contribution >= 0.6 is 11.6 Å². The van der Waals surface area contributed by atoms with Gasteiger partial charge in [0.1, 0.15) is 0 Å². The van der Waals surface area contributed by atoms with Crippen molar-refractivity contribution in [1.82, 2.24) is 0 Å². The highest BCUT2D eigenvalue weighted by Crippen LogP contribution is 2.34. The molecule has 7 heteroatoms. The van der Waals surface area contributed by atoms with Gasteiger partial charge in [0.15, 0.2) is 5.78 Å². The summed E-state index contributed by atoms with van der Waals surface area (Å²) < 4.78 is 43.4. The van der Waals surface area contributed by atoms with Crippen molar-refractivity contribution in [2.24, 2.45) is 0 Å². The summed E-state index contributed by atoms with van der Waals surface area (Å²) in [7, 11) is 0. The van der Waals surface area contributed by atoms with Crippen LogP contribution in [0.3, 0.4) is 0 Å². The summed E-state index contributed by atoms with van der Waals surface area (Å²) in [5, 5.41) is 0. The molecule has 3 nitrogen and oxygen atoms in total. The molecule has 0 amide bonds. The maximum Gasteiger partial charge on any atom is 0.417 e. The Labute approximate surface area is 118 Å². The van der Waals surface area contributed by atoms with Crippen LogP contribution in [0.1, 0.15) is 28.4 Å². The third-order valence-electron chi connectivity index (χ3n) is 2.47. The van der Waals surface area contributed by atoms with E-state index in [0.29, 0.717) is 0 Å². The van der Waals surface area contributed by atoms with Gasteiger partial charge in [-0.2, -0.15) is 13.2 Å². The van der Waals surface area contributed by atoms with E-state index in [2.05, 4.69) is 4.74 Å². The van der Waals surface area contributed by atoms with E-state index >= 15 is 0 Å². The molecular formula is C13H12ClF3O3. The van der Waals surface area contributed by atoms with Gasteiger partial charge >= 0.3 is 12.1 Å². The minimum atomic E-state index is -4.71. The van der Waals surface area contributed by atoms with E-state index < -0.39 is 29.1 Å². The van der Waals surface area contributed by atoms with Crippen LogP contribution in [0.5, 0.6) is 0 Å². The highest BCUT2D eigenvalue weighted by molar-refractivity contribution is 6.27. The fourth-order valence-electron chi connectivity index (χ4n) is 1.69. The van der Waals surface area contributed by atoms with Crippen molar-refractivity contribution >= 4 is 23.4 Å². The number of ether oxygens (including phenoxy) is 1. The molecule has 0 heterocycles. The number of esters is 1. The standard InChI is InChI=1S/C13H12ClF3O3/c1-2-20-12(19)11-8(6-9(18)7-14)4-3-5-10(11)13(15,16)17/h3-5H,2,6-7H2,1H3. The molecule has 0 aliphatic heterocycles. The van der Waals surface area contributed by atoms with E-state index in [-0.39, 0.29) is 24.5 Å². The van der Waals surface area contributed by atoms with Crippen molar-refractivity contribution in [3.63, 3.8) is 0 Å². The normalized spacial score (nSPS) is 11.2. The summed E-state index contributed by atoms with van der Waals surface area (Å²) in [6.07, 6.45) is -5.05. The van der Waals surface area contributed by atoms with Crippen molar-refractivity contribution in [1.29, 1.82) is 0 Å². The van der Waals surface area contributed by atoms with Gasteiger partial charge in [0.2, 0.25) is 0 Å². The Morgan fingerprint density at radius 2 is 1.95 bits per heavy atom. The number of ketones is 1. The van der Waals surface area contributed by atoms with E-state index in [4.69, 9.17) is 11.6 Å². The van der Waals surface area contributed by atoms with Crippen LogP contribution in [0.25, 0.3) is 0 Å². The monoisotopic (exact) mass is 308 g/mol. The number of benzene rings is 1. The number of Topliss-reactive ketones (excluding diaryl/α,β-unsaturated/α-hetero) is 1. The summed E-state index contributed by atoms with van der Waals surface area (Å²) in [5.41, 5.74) is -1.78. The average Bonchev–Trinajstić information content (AvgIpc) is 2.37. The second-order valence-corrected chi connectivity index (χ2v) is 4.17. The summed E-state index contributed by atoms with van der Waals surface area (Å²) in [5.74, 6) is -1.91. The van der Waals surface area contributed by atoms with Gasteiger partial charge in [0.25, 0.3) is 0 Å². The minimum absolute atomic E-state index is 0.0380. The van der Waals surface area contributed by atoms with Crippen LogP contribution in [-0.2, 0) is 22.1 Å². The summed E-state index contributed by atoms with van der Waals surface area (Å²) in [6, 6.07) is 3.20. The van der Waals surface area contributed by atoms with Gasteiger partial charge in [0.05, 0.1) is 23.6 Å². The zero-order valence-electron chi connectivity index (χ0n) is 10.6. The largest absolute Gasteiger partial charge is 0.462 e. The Hall–Kier alpha value is -1.56. The molecule has 1 aromatic carbocycles. The van der Waals surface area contributed by atoms with Gasteiger partial charge in [-0.1, -0.05) is 12.1 Å². The van der Waals surface area contributed by atoms with E-state index in [1.54, 1.807) is 0 Å². The second kappa shape index (κ2) is 6.74. The molecule has 0 bridgehead atoms. The van der Waals surface area contributed by atoms with E-state index in [1.165, 1.54) is 13.0 Å². The fraction of sp³-hybridized carbons (Fsp3) is 0.385. The molecule has 0 spiro atoms. The average molecular weight is 309 g/mol. The molecule has 0 radical (unpaired) electrons. The van der Waals surface area contributed by atoms with Crippen molar-refractivity contribution in [3.8, 4) is 0 Å². The first-order valence-electron chi connectivity index (χ1n) is 5.75. The third kappa shape index (κ3) is 3.96. The van der Waals surface area contributed by atoms with Gasteiger partial charge in [0, 0.05) is 6.42 Å². The van der Waals surface area contributed by atoms with Gasteiger partial charge < -0.3 is 4.74 Å². The first kappa shape index (κ1) is 16.5. The Balaban J connectivity index is 3.36. The van der Waals surface area contributed by atoms with Crippen molar-refractivity contribution in [2.75, 3.05) is 12.5 Å². The molecule has 0 fully saturated rings. The SMILES string of the molecule is CCOC(=O)c1c(CC(=O)CCl)cccc1C(F)(F)F. The predicted octanol–water partition coefficient (Wildman–Crippen LogP) is 3.23. The van der Waals surface area contributed by atoms with Gasteiger partial charge in [-0.15, -0.1) is 11.6 Å². The molecule has 0 N–H and O–H groups in total. The molecule has 110 valence electrons. The van der Waals surface area contributed by atoms with Gasteiger partial charge in [-0.25, -0.2) is 4.79 Å². The Morgan fingerprint density at radius 3 is 2.45 bits per heavy atom. The Kier molecular flexibility index (Phi) is 5.56. The molecular weight excluding hydrogens is 297 g/mol. The molecule has 0 saturated heterocycles. The quantitative estimate of drug-likeness (QED) is 0.619. The molecule has 0 atom stereocenters. The van der Waals surface area contributed by atoms with E-state index in [9.17, 15) is 22.8 Å². The summed E-state index contributed by atoms with van der Waals surface area (Å²) in [4.78, 5) is 23.0. The molecule has 0 aliphatic rings. The van der Waals surface area contributed by atoms with Crippen LogP contribution in [0, 0.1) is 0 Å². The number of carbonyl (C=O) groups excluding carboxylic acids is 2. The van der Waals surface area contributed by atoms with Crippen LogP contribution in [-0.4, -0.2) is 24.2 Å². The molecule has 1 rings (SSSR count). The first-order valence-corrected chi connectivity index (χ1v) is 6.28. The van der Waals surface area contributed by atoms with Crippen molar-refractivity contribution < 1.29 is 27.5 Å². The maximum absolute atomic E-state index is 12.9. The van der Waals surface area contributed by atoms with Gasteiger partial charge in [-0.05, 0) is 18.6 Å². The molecule has 0 unspecified atom stereocenters. The molecule has 1 aromatic rings. The summed E-state index contributed by atoms with van der Waals surface area (Å²) in [6.45, 7) is 1.42. The van der Waals surface area contributed by atoms with Crippen LogP contribution in [0.4, 0.5) is 13.2 Å². The zero-order valence-corrected chi connectivity index (χ0v) is 11.3. The Bertz CT molecular complexity index is 512. The molecule has 0 aliphatic carbocycles. The number of carbonyl (C=O) groups is 2. The number of hydrogen-bond acceptors (Lipinski definition) is 3. The minimum Gasteiger partial charge on any atom is -0.462 e. The topological polar surface area (TPSA) is 43.4 Å².